The van der Waals surface area contributed by atoms with E-state index in [4.69, 9.17) is 19.4 Å². The molecule has 0 spiro atoms. The van der Waals surface area contributed by atoms with Crippen LogP contribution in [0, 0.1) is 0 Å². The van der Waals surface area contributed by atoms with Crippen LogP contribution in [-0.2, 0) is 4.74 Å². The second-order valence-corrected chi connectivity index (χ2v) is 3.38. The summed E-state index contributed by atoms with van der Waals surface area (Å²) in [6, 6.07) is 1.57. The minimum atomic E-state index is -1.83. The zero-order chi connectivity index (χ0) is 10.7. The Morgan fingerprint density at radius 1 is 1.53 bits per heavy atom. The molecule has 15 heavy (non-hydrogen) atoms. The van der Waals surface area contributed by atoms with Crippen molar-refractivity contribution < 1.29 is 19.4 Å². The van der Waals surface area contributed by atoms with Crippen molar-refractivity contribution in [3.63, 3.8) is 0 Å². The van der Waals surface area contributed by atoms with Crippen LogP contribution < -0.4 is 4.65 Å². The number of ether oxygens (including phenoxy) is 1. The molecule has 1 atom stereocenters. The Hall–Kier alpha value is -1.05. The van der Waals surface area contributed by atoms with Crippen LogP contribution in [0.5, 0.6) is 5.88 Å². The summed E-state index contributed by atoms with van der Waals surface area (Å²) in [5.41, 5.74) is 0. The van der Waals surface area contributed by atoms with Crippen molar-refractivity contribution >= 4 is 7.32 Å². The van der Waals surface area contributed by atoms with Gasteiger partial charge in [0.25, 0.3) is 0 Å². The fourth-order valence-electron chi connectivity index (χ4n) is 1.64. The summed E-state index contributed by atoms with van der Waals surface area (Å²) in [7, 11) is -1.83. The Balaban J connectivity index is 2.09. The van der Waals surface area contributed by atoms with Crippen LogP contribution in [0.3, 0.4) is 0 Å². The fraction of sp³-hybridized carbons (Fsp3) is 0.625. The Labute approximate surface area is 87.6 Å². The van der Waals surface area contributed by atoms with E-state index in [2.05, 4.69) is 5.10 Å². The Bertz CT molecular complexity index is 311. The number of nitrogens with zero attached hydrogens (tertiary/aromatic N) is 2. The van der Waals surface area contributed by atoms with Gasteiger partial charge in [-0.1, -0.05) is 0 Å². The average Bonchev–Trinajstić information content (AvgIpc) is 2.66. The quantitative estimate of drug-likeness (QED) is 0.685. The molecule has 1 fully saturated rings. The first-order chi connectivity index (χ1) is 7.27. The molecule has 82 valence electrons. The number of hydrogen-bond acceptors (Lipinski definition) is 5. The highest BCUT2D eigenvalue weighted by atomic mass is 16.6. The van der Waals surface area contributed by atoms with Crippen LogP contribution in [0.1, 0.15) is 25.5 Å². The van der Waals surface area contributed by atoms with Crippen molar-refractivity contribution in [2.45, 2.75) is 25.5 Å². The van der Waals surface area contributed by atoms with Gasteiger partial charge in [-0.25, -0.2) is 4.68 Å². The third-order valence-corrected chi connectivity index (χ3v) is 2.29. The summed E-state index contributed by atoms with van der Waals surface area (Å²) >= 11 is 0. The molecule has 0 bridgehead atoms. The maximum absolute atomic E-state index is 8.70. The van der Waals surface area contributed by atoms with Crippen LogP contribution in [0.4, 0.5) is 0 Å². The van der Waals surface area contributed by atoms with Crippen molar-refractivity contribution in [3.8, 4) is 5.88 Å². The Kier molecular flexibility index (Phi) is 3.25. The second kappa shape index (κ2) is 4.65. The van der Waals surface area contributed by atoms with Gasteiger partial charge >= 0.3 is 7.32 Å². The molecule has 1 aromatic rings. The Morgan fingerprint density at radius 3 is 3.07 bits per heavy atom. The minimum Gasteiger partial charge on any atom is -0.498 e. The predicted octanol–water partition coefficient (Wildman–Crippen LogP) is -0.0695. The van der Waals surface area contributed by atoms with Gasteiger partial charge in [-0.15, -0.1) is 0 Å². The highest BCUT2D eigenvalue weighted by Gasteiger charge is 2.22. The maximum atomic E-state index is 8.70. The molecule has 6 nitrogen and oxygen atoms in total. The van der Waals surface area contributed by atoms with Crippen molar-refractivity contribution in [2.24, 2.45) is 0 Å². The molecular formula is C8H13BN2O4. The smallest absolute Gasteiger partial charge is 0.498 e. The second-order valence-electron chi connectivity index (χ2n) is 3.38. The molecular weight excluding hydrogens is 199 g/mol. The van der Waals surface area contributed by atoms with Gasteiger partial charge in [0, 0.05) is 12.7 Å². The molecule has 0 saturated carbocycles. The van der Waals surface area contributed by atoms with E-state index in [1.54, 1.807) is 6.07 Å². The zero-order valence-corrected chi connectivity index (χ0v) is 8.24. The van der Waals surface area contributed by atoms with Gasteiger partial charge in [0.05, 0.1) is 6.20 Å². The monoisotopic (exact) mass is 212 g/mol. The fourth-order valence-corrected chi connectivity index (χ4v) is 1.64. The molecule has 0 aliphatic carbocycles. The highest BCUT2D eigenvalue weighted by Crippen LogP contribution is 2.26. The van der Waals surface area contributed by atoms with Crippen LogP contribution in [0.2, 0.25) is 0 Å². The maximum Gasteiger partial charge on any atom is 0.708 e. The lowest BCUT2D eigenvalue weighted by molar-refractivity contribution is -0.0425. The molecule has 0 amide bonds. The normalized spacial score (nSPS) is 21.3. The molecule has 1 aliphatic rings. The number of aromatic nitrogens is 2. The van der Waals surface area contributed by atoms with Gasteiger partial charge < -0.3 is 19.4 Å². The first-order valence-corrected chi connectivity index (χ1v) is 4.95. The van der Waals surface area contributed by atoms with E-state index in [1.807, 2.05) is 0 Å². The zero-order valence-electron chi connectivity index (χ0n) is 8.24. The highest BCUT2D eigenvalue weighted by molar-refractivity contribution is 6.33. The van der Waals surface area contributed by atoms with Crippen LogP contribution >= 0.6 is 0 Å². The van der Waals surface area contributed by atoms with Gasteiger partial charge in [-0.2, -0.15) is 5.10 Å². The van der Waals surface area contributed by atoms with E-state index in [0.717, 1.165) is 19.3 Å². The standard InChI is InChI=1S/C8H13BN2O4/c12-9(13)15-8-4-5-10-11(8)7-3-1-2-6-14-7/h4-5,7,12-13H,1-3,6H2. The molecule has 1 saturated heterocycles. The summed E-state index contributed by atoms with van der Waals surface area (Å²) in [4.78, 5) is 0. The van der Waals surface area contributed by atoms with E-state index >= 15 is 0 Å². The van der Waals surface area contributed by atoms with Crippen molar-refractivity contribution in [1.82, 2.24) is 9.78 Å². The topological polar surface area (TPSA) is 76.7 Å². The van der Waals surface area contributed by atoms with Crippen molar-refractivity contribution in [1.29, 1.82) is 0 Å². The predicted molar refractivity (Wildman–Crippen MR) is 51.9 cm³/mol. The summed E-state index contributed by atoms with van der Waals surface area (Å²) in [5, 5.41) is 21.4. The molecule has 2 heterocycles. The van der Waals surface area contributed by atoms with Crippen LogP contribution in [-0.4, -0.2) is 33.8 Å². The van der Waals surface area contributed by atoms with Gasteiger partial charge in [0.15, 0.2) is 12.1 Å². The molecule has 7 heteroatoms. The molecule has 0 radical (unpaired) electrons. The summed E-state index contributed by atoms with van der Waals surface area (Å²) in [6.07, 6.45) is 4.36. The van der Waals surface area contributed by atoms with Gasteiger partial charge in [-0.3, -0.25) is 0 Å². The molecule has 2 N–H and O–H groups in total. The van der Waals surface area contributed by atoms with E-state index < -0.39 is 7.32 Å². The molecule has 1 aromatic heterocycles. The molecule has 0 aromatic carbocycles. The average molecular weight is 212 g/mol. The molecule has 1 unspecified atom stereocenters. The first kappa shape index (κ1) is 10.5. The van der Waals surface area contributed by atoms with Crippen molar-refractivity contribution in [3.05, 3.63) is 12.3 Å². The molecule has 1 aliphatic heterocycles. The Morgan fingerprint density at radius 2 is 2.40 bits per heavy atom. The van der Waals surface area contributed by atoms with Gasteiger partial charge in [-0.05, 0) is 19.3 Å². The third kappa shape index (κ3) is 2.50. The van der Waals surface area contributed by atoms with Crippen LogP contribution in [0.25, 0.3) is 0 Å². The van der Waals surface area contributed by atoms with Gasteiger partial charge in [0.2, 0.25) is 0 Å². The van der Waals surface area contributed by atoms with E-state index in [9.17, 15) is 0 Å². The largest absolute Gasteiger partial charge is 0.708 e. The summed E-state index contributed by atoms with van der Waals surface area (Å²) in [5.74, 6) is 0.303. The summed E-state index contributed by atoms with van der Waals surface area (Å²) in [6.45, 7) is 0.700. The van der Waals surface area contributed by atoms with Gasteiger partial charge in [0.1, 0.15) is 0 Å². The van der Waals surface area contributed by atoms with E-state index in [-0.39, 0.29) is 6.23 Å². The minimum absolute atomic E-state index is 0.164. The first-order valence-electron chi connectivity index (χ1n) is 4.95. The lowest BCUT2D eigenvalue weighted by Gasteiger charge is -2.24. The third-order valence-electron chi connectivity index (χ3n) is 2.29. The number of rotatable bonds is 3. The van der Waals surface area contributed by atoms with Crippen LogP contribution in [0.15, 0.2) is 12.3 Å². The summed E-state index contributed by atoms with van der Waals surface area (Å²) < 4.78 is 11.8. The molecule has 2 rings (SSSR count). The van der Waals surface area contributed by atoms with E-state index in [0.29, 0.717) is 12.5 Å². The van der Waals surface area contributed by atoms with Crippen molar-refractivity contribution in [2.75, 3.05) is 6.61 Å². The SMILES string of the molecule is OB(O)Oc1ccnn1C1CCCCO1. The lowest BCUT2D eigenvalue weighted by Crippen LogP contribution is -2.25. The number of hydrogen-bond donors (Lipinski definition) is 2. The lowest BCUT2D eigenvalue weighted by atomic mass is 10.2. The van der Waals surface area contributed by atoms with E-state index in [1.165, 1.54) is 10.9 Å².